The van der Waals surface area contributed by atoms with Gasteiger partial charge in [-0.2, -0.15) is 0 Å². The summed E-state index contributed by atoms with van der Waals surface area (Å²) in [4.78, 5) is 16.2. The van der Waals surface area contributed by atoms with E-state index in [2.05, 4.69) is 26.2 Å². The molecule has 0 unspecified atom stereocenters. The zero-order valence-electron chi connectivity index (χ0n) is 17.4. The molecule has 7 heteroatoms. The van der Waals surface area contributed by atoms with E-state index in [9.17, 15) is 9.18 Å². The van der Waals surface area contributed by atoms with Crippen LogP contribution in [0.2, 0.25) is 0 Å². The minimum Gasteiger partial charge on any atom is -0.465 e. The largest absolute Gasteiger partial charge is 0.465 e. The van der Waals surface area contributed by atoms with Gasteiger partial charge in [0.05, 0.1) is 30.2 Å². The van der Waals surface area contributed by atoms with Gasteiger partial charge in [0.15, 0.2) is 5.82 Å². The number of carbonyl (C=O) groups excluding carboxylic acids is 1. The van der Waals surface area contributed by atoms with Crippen molar-refractivity contribution in [2.45, 2.75) is 34.6 Å². The summed E-state index contributed by atoms with van der Waals surface area (Å²) in [6.45, 7) is 9.89. The first-order valence-electron chi connectivity index (χ1n) is 9.17. The smallest absolute Gasteiger partial charge is 0.340 e. The Morgan fingerprint density at radius 3 is 2.43 bits per heavy atom. The molecule has 0 spiro atoms. The molecule has 1 N–H and O–H groups in total. The fraction of sp³-hybridized carbons (Fsp3) is 0.333. The molecule has 0 radical (unpaired) electrons. The molecule has 0 saturated carbocycles. The fourth-order valence-electron chi connectivity index (χ4n) is 2.52. The monoisotopic (exact) mass is 451 g/mol. The predicted octanol–water partition coefficient (Wildman–Crippen LogP) is 6.37. The number of aromatic nitrogens is 2. The predicted molar refractivity (Wildman–Crippen MR) is 117 cm³/mol. The van der Waals surface area contributed by atoms with Gasteiger partial charge in [-0.15, -0.1) is 0 Å². The van der Waals surface area contributed by atoms with Crippen molar-refractivity contribution in [3.8, 4) is 0 Å². The number of nitrogens with zero attached hydrogens (tertiary/aromatic N) is 2. The van der Waals surface area contributed by atoms with Crippen molar-refractivity contribution in [1.82, 2.24) is 9.55 Å². The molecule has 0 fully saturated rings. The van der Waals surface area contributed by atoms with Gasteiger partial charge < -0.3 is 14.6 Å². The van der Waals surface area contributed by atoms with Crippen LogP contribution in [0, 0.1) is 12.7 Å². The number of aryl methyl sites for hydroxylation is 2. The Balaban J connectivity index is 0.000000921. The van der Waals surface area contributed by atoms with E-state index < -0.39 is 11.8 Å². The topological polar surface area (TPSA) is 56.1 Å². The third-order valence-electron chi connectivity index (χ3n) is 3.81. The standard InChI is InChI=1S/C17H15BrFN3O2.2C2H6/c1-9-6-10(18)4-5-12(9)21-15-11(17(23)24-3)7-13-16(14(15)19)20-8-22(13)2;2*1-2/h4-8,21H,1-3H3;2*1-2H3. The molecule has 0 saturated heterocycles. The van der Waals surface area contributed by atoms with E-state index in [1.807, 2.05) is 52.8 Å². The molecule has 0 aliphatic heterocycles. The third-order valence-corrected chi connectivity index (χ3v) is 4.31. The van der Waals surface area contributed by atoms with Crippen molar-refractivity contribution in [2.24, 2.45) is 7.05 Å². The molecule has 0 aliphatic carbocycles. The van der Waals surface area contributed by atoms with Crippen molar-refractivity contribution in [3.05, 3.63) is 52.0 Å². The van der Waals surface area contributed by atoms with Crippen molar-refractivity contribution in [2.75, 3.05) is 12.4 Å². The summed E-state index contributed by atoms with van der Waals surface area (Å²) in [7, 11) is 3.00. The van der Waals surface area contributed by atoms with Gasteiger partial charge in [0, 0.05) is 17.2 Å². The molecule has 152 valence electrons. The number of ether oxygens (including phenoxy) is 1. The second-order valence-corrected chi connectivity index (χ2v) is 6.33. The Kier molecular flexibility index (Phi) is 9.12. The van der Waals surface area contributed by atoms with E-state index in [4.69, 9.17) is 4.74 Å². The minimum absolute atomic E-state index is 0.0541. The van der Waals surface area contributed by atoms with E-state index in [1.165, 1.54) is 13.4 Å². The Hall–Kier alpha value is -2.41. The average Bonchev–Trinajstić information content (AvgIpc) is 3.09. The number of carbonyl (C=O) groups is 1. The molecule has 3 rings (SSSR count). The van der Waals surface area contributed by atoms with Gasteiger partial charge in [-0.25, -0.2) is 14.2 Å². The lowest BCUT2D eigenvalue weighted by Crippen LogP contribution is -2.09. The average molecular weight is 452 g/mol. The molecular formula is C21H27BrFN3O2. The van der Waals surface area contributed by atoms with Crippen molar-refractivity contribution < 1.29 is 13.9 Å². The van der Waals surface area contributed by atoms with Crippen LogP contribution >= 0.6 is 15.9 Å². The molecule has 0 bridgehead atoms. The first kappa shape index (κ1) is 23.6. The molecule has 28 heavy (non-hydrogen) atoms. The van der Waals surface area contributed by atoms with E-state index in [0.29, 0.717) is 11.2 Å². The van der Waals surface area contributed by atoms with Crippen LogP contribution in [0.3, 0.4) is 0 Å². The number of fused-ring (bicyclic) bond motifs is 1. The van der Waals surface area contributed by atoms with E-state index in [-0.39, 0.29) is 16.8 Å². The van der Waals surface area contributed by atoms with Gasteiger partial charge >= 0.3 is 5.97 Å². The molecular weight excluding hydrogens is 425 g/mol. The summed E-state index contributed by atoms with van der Waals surface area (Å²) >= 11 is 3.39. The second-order valence-electron chi connectivity index (χ2n) is 5.41. The molecule has 0 aliphatic rings. The zero-order chi connectivity index (χ0) is 21.4. The number of methoxy groups -OCH3 is 1. The molecule has 1 aromatic heterocycles. The van der Waals surface area contributed by atoms with Crippen LogP contribution in [0.5, 0.6) is 0 Å². The van der Waals surface area contributed by atoms with Gasteiger partial charge in [0.25, 0.3) is 0 Å². The van der Waals surface area contributed by atoms with Crippen molar-refractivity contribution in [1.29, 1.82) is 0 Å². The number of rotatable bonds is 3. The van der Waals surface area contributed by atoms with Gasteiger partial charge in [-0.1, -0.05) is 43.6 Å². The number of halogens is 2. The van der Waals surface area contributed by atoms with Crippen LogP contribution in [-0.4, -0.2) is 22.6 Å². The lowest BCUT2D eigenvalue weighted by Gasteiger charge is -2.15. The third kappa shape index (κ3) is 4.90. The fourth-order valence-corrected chi connectivity index (χ4v) is 3.00. The summed E-state index contributed by atoms with van der Waals surface area (Å²) in [6.07, 6.45) is 1.50. The Bertz CT molecular complexity index is 954. The molecule has 2 aromatic carbocycles. The summed E-state index contributed by atoms with van der Waals surface area (Å²) in [5.74, 6) is -1.20. The quantitative estimate of drug-likeness (QED) is 0.470. The van der Waals surface area contributed by atoms with Crippen molar-refractivity contribution in [3.63, 3.8) is 0 Å². The maximum Gasteiger partial charge on any atom is 0.340 e. The summed E-state index contributed by atoms with van der Waals surface area (Å²) in [6, 6.07) is 7.12. The molecule has 1 heterocycles. The second kappa shape index (κ2) is 10.8. The lowest BCUT2D eigenvalue weighted by atomic mass is 10.1. The van der Waals surface area contributed by atoms with Crippen LogP contribution in [0.4, 0.5) is 15.8 Å². The summed E-state index contributed by atoms with van der Waals surface area (Å²) in [5.41, 5.74) is 2.48. The first-order valence-corrected chi connectivity index (χ1v) is 9.96. The first-order chi connectivity index (χ1) is 13.4. The number of nitrogens with one attached hydrogen (secondary N) is 1. The van der Waals surface area contributed by atoms with Crippen LogP contribution in [0.25, 0.3) is 11.0 Å². The van der Waals surface area contributed by atoms with Crippen LogP contribution in [-0.2, 0) is 11.8 Å². The summed E-state index contributed by atoms with van der Waals surface area (Å²) < 4.78 is 22.4. The van der Waals surface area contributed by atoms with E-state index in [1.54, 1.807) is 17.7 Å². The van der Waals surface area contributed by atoms with E-state index in [0.717, 1.165) is 10.0 Å². The molecule has 5 nitrogen and oxygen atoms in total. The van der Waals surface area contributed by atoms with Gasteiger partial charge in [0.2, 0.25) is 0 Å². The van der Waals surface area contributed by atoms with Crippen LogP contribution in [0.1, 0.15) is 43.6 Å². The number of hydrogen-bond acceptors (Lipinski definition) is 4. The number of anilines is 2. The molecule has 0 atom stereocenters. The SMILES string of the molecule is CC.CC.COC(=O)c1cc2c(ncn2C)c(F)c1Nc1ccc(Br)cc1C. The highest BCUT2D eigenvalue weighted by Crippen LogP contribution is 2.32. The lowest BCUT2D eigenvalue weighted by molar-refractivity contribution is 0.0601. The Morgan fingerprint density at radius 1 is 1.21 bits per heavy atom. The summed E-state index contributed by atoms with van der Waals surface area (Å²) in [5, 5.41) is 3.01. The van der Waals surface area contributed by atoms with Gasteiger partial charge in [-0.05, 0) is 36.8 Å². The zero-order valence-corrected chi connectivity index (χ0v) is 18.9. The Morgan fingerprint density at radius 2 is 1.86 bits per heavy atom. The van der Waals surface area contributed by atoms with Gasteiger partial charge in [-0.3, -0.25) is 0 Å². The maximum atomic E-state index is 15.0. The number of imidazole rings is 1. The van der Waals surface area contributed by atoms with Gasteiger partial charge in [0.1, 0.15) is 5.52 Å². The molecule has 0 amide bonds. The Labute approximate surface area is 174 Å². The number of esters is 1. The number of hydrogen-bond donors (Lipinski definition) is 1. The highest BCUT2D eigenvalue weighted by Gasteiger charge is 2.22. The van der Waals surface area contributed by atoms with Crippen molar-refractivity contribution >= 4 is 44.3 Å². The maximum absolute atomic E-state index is 15.0. The van der Waals surface area contributed by atoms with Crippen LogP contribution in [0.15, 0.2) is 35.1 Å². The van der Waals surface area contributed by atoms with Crippen LogP contribution < -0.4 is 5.32 Å². The molecule has 3 aromatic rings. The number of benzene rings is 2. The normalized spacial score (nSPS) is 9.75. The minimum atomic E-state index is -0.616. The highest BCUT2D eigenvalue weighted by atomic mass is 79.9. The van der Waals surface area contributed by atoms with E-state index >= 15 is 0 Å². The highest BCUT2D eigenvalue weighted by molar-refractivity contribution is 9.10.